The summed E-state index contributed by atoms with van der Waals surface area (Å²) < 4.78 is 56.7. The van der Waals surface area contributed by atoms with Gasteiger partial charge in [0.1, 0.15) is 0 Å². The Labute approximate surface area is 162 Å². The second-order valence-electron chi connectivity index (χ2n) is 6.78. The quantitative estimate of drug-likeness (QED) is 0.667. The number of piperidine rings is 1. The molecule has 1 fully saturated rings. The lowest BCUT2D eigenvalue weighted by Crippen LogP contribution is -2.55. The third-order valence-electron chi connectivity index (χ3n) is 4.84. The summed E-state index contributed by atoms with van der Waals surface area (Å²) in [5.74, 6) is -4.72. The van der Waals surface area contributed by atoms with Crippen molar-refractivity contribution in [3.05, 3.63) is 52.8 Å². The van der Waals surface area contributed by atoms with Gasteiger partial charge in [-0.25, -0.2) is 22.5 Å². The monoisotopic (exact) mass is 413 g/mol. The van der Waals surface area contributed by atoms with Gasteiger partial charge in [0.2, 0.25) is 5.95 Å². The van der Waals surface area contributed by atoms with Crippen molar-refractivity contribution in [3.63, 3.8) is 0 Å². The molecule has 148 valence electrons. The maximum Gasteiger partial charge on any atom is 0.266 e. The number of alkyl halides is 2. The highest BCUT2D eigenvalue weighted by Crippen LogP contribution is 2.32. The van der Waals surface area contributed by atoms with Gasteiger partial charge >= 0.3 is 0 Å². The molecule has 2 aromatic heterocycles. The minimum absolute atomic E-state index is 0.0169. The molecule has 5 nitrogen and oxygen atoms in total. The van der Waals surface area contributed by atoms with Gasteiger partial charge in [0.15, 0.2) is 11.6 Å². The largest absolute Gasteiger partial charge is 0.340 e. The van der Waals surface area contributed by atoms with Gasteiger partial charge in [-0.3, -0.25) is 4.98 Å². The van der Waals surface area contributed by atoms with Crippen LogP contribution in [0.3, 0.4) is 0 Å². The molecule has 1 aromatic carbocycles. The number of benzene rings is 1. The van der Waals surface area contributed by atoms with Crippen LogP contribution in [0.1, 0.15) is 12.1 Å². The fraction of sp³-hybridized carbons (Fsp3) is 0.333. The number of rotatable bonds is 3. The smallest absolute Gasteiger partial charge is 0.266 e. The van der Waals surface area contributed by atoms with E-state index in [0.717, 1.165) is 12.1 Å². The van der Waals surface area contributed by atoms with E-state index in [1.165, 1.54) is 6.20 Å². The molecule has 1 aliphatic rings. The molecular formula is C18H16ClF4N5. The molecule has 4 rings (SSSR count). The number of nitrogens with zero attached hydrogens (tertiary/aromatic N) is 4. The summed E-state index contributed by atoms with van der Waals surface area (Å²) in [6, 6.07) is 4.00. The van der Waals surface area contributed by atoms with Crippen molar-refractivity contribution in [1.82, 2.24) is 14.5 Å². The zero-order valence-electron chi connectivity index (χ0n) is 14.5. The number of halogens is 5. The zero-order valence-corrected chi connectivity index (χ0v) is 15.3. The Morgan fingerprint density at radius 2 is 1.96 bits per heavy atom. The summed E-state index contributed by atoms with van der Waals surface area (Å²) in [4.78, 5) is 10.2. The van der Waals surface area contributed by atoms with Crippen LogP contribution in [0.5, 0.6) is 0 Å². The predicted octanol–water partition coefficient (Wildman–Crippen LogP) is 3.58. The Balaban J connectivity index is 1.79. The highest BCUT2D eigenvalue weighted by molar-refractivity contribution is 6.30. The number of fused-ring (bicyclic) bond motifs is 1. The molecule has 0 amide bonds. The molecule has 1 atom stereocenters. The van der Waals surface area contributed by atoms with Crippen LogP contribution in [0, 0.1) is 11.6 Å². The Hall–Kier alpha value is -2.39. The summed E-state index contributed by atoms with van der Waals surface area (Å²) in [7, 11) is 0. The summed E-state index contributed by atoms with van der Waals surface area (Å²) in [5.41, 5.74) is 6.77. The van der Waals surface area contributed by atoms with Gasteiger partial charge in [0, 0.05) is 37.8 Å². The molecule has 0 unspecified atom stereocenters. The molecule has 2 N–H and O–H groups in total. The van der Waals surface area contributed by atoms with Gasteiger partial charge in [-0.05, 0) is 12.1 Å². The highest BCUT2D eigenvalue weighted by Gasteiger charge is 2.42. The van der Waals surface area contributed by atoms with E-state index in [4.69, 9.17) is 17.3 Å². The minimum Gasteiger partial charge on any atom is -0.340 e. The molecule has 0 spiro atoms. The van der Waals surface area contributed by atoms with E-state index in [1.54, 1.807) is 21.6 Å². The van der Waals surface area contributed by atoms with Crippen molar-refractivity contribution in [2.24, 2.45) is 5.73 Å². The summed E-state index contributed by atoms with van der Waals surface area (Å²) >= 11 is 5.86. The zero-order chi connectivity index (χ0) is 20.1. The van der Waals surface area contributed by atoms with E-state index < -0.39 is 30.0 Å². The summed E-state index contributed by atoms with van der Waals surface area (Å²) in [6.07, 6.45) is 1.03. The van der Waals surface area contributed by atoms with Crippen molar-refractivity contribution in [3.8, 4) is 0 Å². The van der Waals surface area contributed by atoms with Crippen molar-refractivity contribution < 1.29 is 17.6 Å². The first-order valence-corrected chi connectivity index (χ1v) is 8.96. The van der Waals surface area contributed by atoms with Crippen molar-refractivity contribution in [2.45, 2.75) is 24.9 Å². The van der Waals surface area contributed by atoms with Gasteiger partial charge in [0.05, 0.1) is 34.3 Å². The number of nitrogens with two attached hydrogens (primary N) is 1. The van der Waals surface area contributed by atoms with Crippen LogP contribution in [0.4, 0.5) is 23.5 Å². The second-order valence-corrected chi connectivity index (χ2v) is 7.22. The molecular weight excluding hydrogens is 398 g/mol. The Kier molecular flexibility index (Phi) is 4.67. The first-order valence-electron chi connectivity index (χ1n) is 8.58. The third-order valence-corrected chi connectivity index (χ3v) is 5.06. The van der Waals surface area contributed by atoms with Crippen LogP contribution < -0.4 is 10.6 Å². The molecule has 3 aromatic rings. The average Bonchev–Trinajstić information content (AvgIpc) is 2.97. The number of hydrogen-bond acceptors (Lipinski definition) is 4. The Bertz CT molecular complexity index is 1020. The van der Waals surface area contributed by atoms with Gasteiger partial charge in [-0.15, -0.1) is 0 Å². The van der Waals surface area contributed by atoms with Crippen molar-refractivity contribution in [2.75, 3.05) is 18.0 Å². The van der Waals surface area contributed by atoms with Crippen LogP contribution in [0.15, 0.2) is 30.5 Å². The molecule has 28 heavy (non-hydrogen) atoms. The molecule has 1 aliphatic heterocycles. The number of pyridine rings is 1. The molecule has 10 heteroatoms. The van der Waals surface area contributed by atoms with Crippen molar-refractivity contribution >= 4 is 28.6 Å². The maximum absolute atomic E-state index is 13.9. The molecule has 0 bridgehead atoms. The molecule has 1 saturated heterocycles. The predicted molar refractivity (Wildman–Crippen MR) is 97.8 cm³/mol. The maximum atomic E-state index is 13.9. The fourth-order valence-corrected chi connectivity index (χ4v) is 3.39. The second kappa shape index (κ2) is 6.89. The normalized spacial score (nSPS) is 19.4. The van der Waals surface area contributed by atoms with Gasteiger partial charge in [0.25, 0.3) is 5.92 Å². The van der Waals surface area contributed by atoms with Crippen LogP contribution >= 0.6 is 11.6 Å². The lowest BCUT2D eigenvalue weighted by atomic mass is 10.0. The molecule has 0 radical (unpaired) electrons. The van der Waals surface area contributed by atoms with Crippen LogP contribution in [-0.4, -0.2) is 39.6 Å². The lowest BCUT2D eigenvalue weighted by molar-refractivity contribution is -0.0395. The Morgan fingerprint density at radius 1 is 1.21 bits per heavy atom. The summed E-state index contributed by atoms with van der Waals surface area (Å²) in [5, 5.41) is 0.455. The topological polar surface area (TPSA) is 60.0 Å². The van der Waals surface area contributed by atoms with Crippen LogP contribution in [-0.2, 0) is 6.54 Å². The number of imidazole rings is 1. The first kappa shape index (κ1) is 18.9. The van der Waals surface area contributed by atoms with Crippen molar-refractivity contribution in [1.29, 1.82) is 0 Å². The van der Waals surface area contributed by atoms with Gasteiger partial charge in [-0.1, -0.05) is 11.6 Å². The number of aromatic nitrogens is 3. The summed E-state index contributed by atoms with van der Waals surface area (Å²) in [6.45, 7) is 0.0641. The van der Waals surface area contributed by atoms with E-state index in [-0.39, 0.29) is 25.2 Å². The molecule has 0 aliphatic carbocycles. The van der Waals surface area contributed by atoms with Crippen LogP contribution in [0.2, 0.25) is 5.02 Å². The number of anilines is 1. The van der Waals surface area contributed by atoms with E-state index in [2.05, 4.69) is 9.97 Å². The van der Waals surface area contributed by atoms with E-state index >= 15 is 0 Å². The van der Waals surface area contributed by atoms with Crippen LogP contribution in [0.25, 0.3) is 11.0 Å². The average molecular weight is 414 g/mol. The van der Waals surface area contributed by atoms with E-state index in [1.807, 2.05) is 0 Å². The van der Waals surface area contributed by atoms with Gasteiger partial charge in [-0.2, -0.15) is 0 Å². The van der Waals surface area contributed by atoms with E-state index in [9.17, 15) is 17.6 Å². The third kappa shape index (κ3) is 3.40. The first-order chi connectivity index (χ1) is 13.2. The lowest BCUT2D eigenvalue weighted by Gasteiger charge is -2.37. The van der Waals surface area contributed by atoms with E-state index in [0.29, 0.717) is 22.2 Å². The highest BCUT2D eigenvalue weighted by atomic mass is 35.5. The number of hydrogen-bond donors (Lipinski definition) is 1. The molecule has 0 saturated carbocycles. The SMILES string of the molecule is N[C@@H]1CN(c2nc3cc(F)c(F)cc3n2Cc2ccc(Cl)cn2)CCC1(F)F. The molecule has 3 heterocycles. The Morgan fingerprint density at radius 3 is 2.64 bits per heavy atom. The van der Waals surface area contributed by atoms with Gasteiger partial charge < -0.3 is 15.2 Å². The standard InChI is InChI=1S/C18H16ClF4N5/c19-10-1-2-11(25-7-10)8-28-15-6-13(21)12(20)5-14(15)26-17(28)27-4-3-18(22,23)16(24)9-27/h1-2,5-7,16H,3-4,8-9,24H2/t16-/m1/s1. The minimum atomic E-state index is -2.97. The fourth-order valence-electron chi connectivity index (χ4n) is 3.28.